The molecule has 1 fully saturated rings. The molecule has 144 valence electrons. The van der Waals surface area contributed by atoms with Gasteiger partial charge in [0.05, 0.1) is 24.6 Å². The van der Waals surface area contributed by atoms with E-state index in [2.05, 4.69) is 12.1 Å². The SMILES string of the molecule is O=C(c1ccco1)N1CC[C@@H](c2ccn(C[C@H]3CCCO3)n2)c2ccccc21. The maximum Gasteiger partial charge on any atom is 0.293 e. The van der Waals surface area contributed by atoms with Crippen LogP contribution >= 0.6 is 0 Å². The highest BCUT2D eigenvalue weighted by atomic mass is 16.5. The van der Waals surface area contributed by atoms with Gasteiger partial charge in [0.1, 0.15) is 0 Å². The number of ether oxygens (including phenoxy) is 1. The van der Waals surface area contributed by atoms with Gasteiger partial charge >= 0.3 is 0 Å². The first kappa shape index (κ1) is 17.3. The number of carbonyl (C=O) groups is 1. The molecule has 2 aromatic heterocycles. The Morgan fingerprint density at radius 2 is 2.07 bits per heavy atom. The smallest absolute Gasteiger partial charge is 0.293 e. The van der Waals surface area contributed by atoms with E-state index in [9.17, 15) is 4.79 Å². The van der Waals surface area contributed by atoms with Crippen molar-refractivity contribution in [1.29, 1.82) is 0 Å². The minimum absolute atomic E-state index is 0.0974. The second kappa shape index (κ2) is 7.28. The van der Waals surface area contributed by atoms with Crippen molar-refractivity contribution < 1.29 is 13.9 Å². The monoisotopic (exact) mass is 377 g/mol. The van der Waals surface area contributed by atoms with Crippen LogP contribution in [0.4, 0.5) is 5.69 Å². The Morgan fingerprint density at radius 3 is 2.89 bits per heavy atom. The van der Waals surface area contributed by atoms with Crippen LogP contribution in [0.2, 0.25) is 0 Å². The Morgan fingerprint density at radius 1 is 1.14 bits per heavy atom. The van der Waals surface area contributed by atoms with Crippen molar-refractivity contribution in [2.75, 3.05) is 18.1 Å². The summed E-state index contributed by atoms with van der Waals surface area (Å²) < 4.78 is 13.0. The van der Waals surface area contributed by atoms with Gasteiger partial charge in [-0.1, -0.05) is 18.2 Å². The quantitative estimate of drug-likeness (QED) is 0.693. The van der Waals surface area contributed by atoms with Crippen molar-refractivity contribution in [2.24, 2.45) is 0 Å². The molecular weight excluding hydrogens is 354 g/mol. The van der Waals surface area contributed by atoms with E-state index >= 15 is 0 Å². The lowest BCUT2D eigenvalue weighted by molar-refractivity contribution is 0.0937. The number of hydrogen-bond donors (Lipinski definition) is 0. The lowest BCUT2D eigenvalue weighted by Gasteiger charge is -2.33. The largest absolute Gasteiger partial charge is 0.459 e. The number of benzene rings is 1. The number of fused-ring (bicyclic) bond motifs is 1. The molecule has 5 rings (SSSR count). The number of amides is 1. The predicted molar refractivity (Wildman–Crippen MR) is 104 cm³/mol. The highest BCUT2D eigenvalue weighted by molar-refractivity contribution is 6.05. The van der Waals surface area contributed by atoms with Crippen LogP contribution in [-0.4, -0.2) is 34.9 Å². The van der Waals surface area contributed by atoms with Crippen LogP contribution in [0.15, 0.2) is 59.3 Å². The highest BCUT2D eigenvalue weighted by Crippen LogP contribution is 2.39. The summed E-state index contributed by atoms with van der Waals surface area (Å²) in [6.07, 6.45) is 6.92. The fourth-order valence-electron chi connectivity index (χ4n) is 4.28. The molecule has 4 heterocycles. The fraction of sp³-hybridized carbons (Fsp3) is 0.364. The van der Waals surface area contributed by atoms with Crippen LogP contribution in [0.3, 0.4) is 0 Å². The third kappa shape index (κ3) is 3.14. The van der Waals surface area contributed by atoms with Crippen molar-refractivity contribution in [3.05, 3.63) is 71.9 Å². The summed E-state index contributed by atoms with van der Waals surface area (Å²) in [6.45, 7) is 2.30. The molecule has 0 saturated carbocycles. The van der Waals surface area contributed by atoms with Crippen LogP contribution in [-0.2, 0) is 11.3 Å². The van der Waals surface area contributed by atoms with Gasteiger partial charge in [0.15, 0.2) is 5.76 Å². The summed E-state index contributed by atoms with van der Waals surface area (Å²) in [5, 5.41) is 4.83. The molecule has 2 aliphatic heterocycles. The molecule has 6 heteroatoms. The first-order chi connectivity index (χ1) is 13.8. The lowest BCUT2D eigenvalue weighted by atomic mass is 9.87. The summed E-state index contributed by atoms with van der Waals surface area (Å²) in [5.41, 5.74) is 3.13. The van der Waals surface area contributed by atoms with Crippen molar-refractivity contribution in [3.63, 3.8) is 0 Å². The number of anilines is 1. The van der Waals surface area contributed by atoms with Crippen LogP contribution in [0.5, 0.6) is 0 Å². The molecule has 0 N–H and O–H groups in total. The van der Waals surface area contributed by atoms with Gasteiger partial charge in [-0.25, -0.2) is 0 Å². The molecule has 0 aliphatic carbocycles. The molecule has 1 aromatic carbocycles. The third-order valence-electron chi connectivity index (χ3n) is 5.65. The Hall–Kier alpha value is -2.86. The Labute approximate surface area is 163 Å². The summed E-state index contributed by atoms with van der Waals surface area (Å²) in [7, 11) is 0. The molecule has 0 radical (unpaired) electrons. The first-order valence-electron chi connectivity index (χ1n) is 9.89. The van der Waals surface area contributed by atoms with Crippen molar-refractivity contribution in [1.82, 2.24) is 9.78 Å². The zero-order valence-corrected chi connectivity index (χ0v) is 15.7. The standard InChI is InChI=1S/C22H23N3O3/c26-22(21-8-4-14-28-21)25-12-9-17(18-6-1-2-7-20(18)25)19-10-11-24(23-19)15-16-5-3-13-27-16/h1-2,4,6-8,10-11,14,16-17H,3,5,9,12-13,15H2/t16-,17-/m1/s1. The van der Waals surface area contributed by atoms with E-state index in [4.69, 9.17) is 14.3 Å². The van der Waals surface area contributed by atoms with Crippen LogP contribution in [0, 0.1) is 0 Å². The van der Waals surface area contributed by atoms with Gasteiger partial charge < -0.3 is 14.1 Å². The Balaban J connectivity index is 1.41. The van der Waals surface area contributed by atoms with Crippen molar-refractivity contribution in [2.45, 2.75) is 37.8 Å². The van der Waals surface area contributed by atoms with Gasteiger partial charge in [-0.3, -0.25) is 9.48 Å². The highest BCUT2D eigenvalue weighted by Gasteiger charge is 2.32. The number of rotatable bonds is 4. The number of nitrogens with zero attached hydrogens (tertiary/aromatic N) is 3. The van der Waals surface area contributed by atoms with E-state index in [0.717, 1.165) is 49.4 Å². The molecule has 0 spiro atoms. The minimum atomic E-state index is -0.0974. The second-order valence-electron chi connectivity index (χ2n) is 7.43. The van der Waals surface area contributed by atoms with E-state index in [1.165, 1.54) is 6.26 Å². The molecule has 0 unspecified atom stereocenters. The van der Waals surface area contributed by atoms with Gasteiger partial charge in [0.2, 0.25) is 0 Å². The molecule has 3 aromatic rings. The van der Waals surface area contributed by atoms with E-state index in [1.54, 1.807) is 12.1 Å². The minimum Gasteiger partial charge on any atom is -0.459 e. The first-order valence-corrected chi connectivity index (χ1v) is 9.89. The average Bonchev–Trinajstić information content (AvgIpc) is 3.50. The molecular formula is C22H23N3O3. The second-order valence-corrected chi connectivity index (χ2v) is 7.43. The van der Waals surface area contributed by atoms with Crippen LogP contribution in [0.1, 0.15) is 47.0 Å². The number of furan rings is 1. The zero-order chi connectivity index (χ0) is 18.9. The molecule has 2 aliphatic rings. The van der Waals surface area contributed by atoms with Crippen LogP contribution in [0.25, 0.3) is 0 Å². The van der Waals surface area contributed by atoms with Gasteiger partial charge in [-0.2, -0.15) is 5.10 Å². The number of carbonyl (C=O) groups excluding carboxylic acids is 1. The average molecular weight is 377 g/mol. The summed E-state index contributed by atoms with van der Waals surface area (Å²) >= 11 is 0. The maximum absolute atomic E-state index is 12.9. The fourth-order valence-corrected chi connectivity index (χ4v) is 4.28. The van der Waals surface area contributed by atoms with Gasteiger partial charge in [-0.05, 0) is 49.1 Å². The molecule has 6 nitrogen and oxygen atoms in total. The lowest BCUT2D eigenvalue weighted by Crippen LogP contribution is -2.36. The Kier molecular flexibility index (Phi) is 4.49. The summed E-state index contributed by atoms with van der Waals surface area (Å²) in [5.74, 6) is 0.455. The summed E-state index contributed by atoms with van der Waals surface area (Å²) in [6, 6.07) is 13.7. The van der Waals surface area contributed by atoms with E-state index in [1.807, 2.05) is 34.0 Å². The zero-order valence-electron chi connectivity index (χ0n) is 15.7. The topological polar surface area (TPSA) is 60.5 Å². The molecule has 1 saturated heterocycles. The number of hydrogen-bond acceptors (Lipinski definition) is 4. The molecule has 1 amide bonds. The third-order valence-corrected chi connectivity index (χ3v) is 5.65. The number of aromatic nitrogens is 2. The van der Waals surface area contributed by atoms with Crippen LogP contribution < -0.4 is 4.90 Å². The number of para-hydroxylation sites is 1. The maximum atomic E-state index is 12.9. The van der Waals surface area contributed by atoms with E-state index in [0.29, 0.717) is 12.3 Å². The Bertz CT molecular complexity index is 957. The van der Waals surface area contributed by atoms with Crippen molar-refractivity contribution >= 4 is 11.6 Å². The normalized spacial score (nSPS) is 21.6. The summed E-state index contributed by atoms with van der Waals surface area (Å²) in [4.78, 5) is 14.7. The molecule has 2 atom stereocenters. The van der Waals surface area contributed by atoms with E-state index < -0.39 is 0 Å². The van der Waals surface area contributed by atoms with Crippen molar-refractivity contribution in [3.8, 4) is 0 Å². The van der Waals surface area contributed by atoms with Gasteiger partial charge in [0.25, 0.3) is 5.91 Å². The predicted octanol–water partition coefficient (Wildman–Crippen LogP) is 3.84. The molecule has 0 bridgehead atoms. The van der Waals surface area contributed by atoms with E-state index in [-0.39, 0.29) is 17.9 Å². The van der Waals surface area contributed by atoms with Gasteiger partial charge in [-0.15, -0.1) is 0 Å². The molecule has 28 heavy (non-hydrogen) atoms. The van der Waals surface area contributed by atoms with Gasteiger partial charge in [0, 0.05) is 31.0 Å².